The van der Waals surface area contributed by atoms with Crippen molar-refractivity contribution in [3.63, 3.8) is 0 Å². The van der Waals surface area contributed by atoms with Crippen molar-refractivity contribution in [3.05, 3.63) is 28.2 Å². The van der Waals surface area contributed by atoms with Gasteiger partial charge in [0.2, 0.25) is 0 Å². The molecular formula is C13H19BrN2. The Balaban J connectivity index is 2.23. The third kappa shape index (κ3) is 2.77. The second-order valence-electron chi connectivity index (χ2n) is 5.22. The van der Waals surface area contributed by atoms with Crippen molar-refractivity contribution in [1.82, 2.24) is 5.32 Å². The Kier molecular flexibility index (Phi) is 3.27. The van der Waals surface area contributed by atoms with Crippen molar-refractivity contribution in [1.29, 1.82) is 0 Å². The van der Waals surface area contributed by atoms with Gasteiger partial charge in [-0.2, -0.15) is 0 Å². The lowest BCUT2D eigenvalue weighted by molar-refractivity contribution is 0.353. The van der Waals surface area contributed by atoms with Crippen LogP contribution in [0.5, 0.6) is 0 Å². The van der Waals surface area contributed by atoms with Gasteiger partial charge in [-0.15, -0.1) is 0 Å². The van der Waals surface area contributed by atoms with Crippen molar-refractivity contribution in [2.45, 2.75) is 26.3 Å². The molecule has 1 aliphatic heterocycles. The van der Waals surface area contributed by atoms with Crippen LogP contribution in [0.4, 0.5) is 5.69 Å². The van der Waals surface area contributed by atoms with Crippen LogP contribution in [0.2, 0.25) is 0 Å². The number of halogens is 1. The van der Waals surface area contributed by atoms with E-state index in [-0.39, 0.29) is 5.54 Å². The Bertz CT molecular complexity index is 367. The average molecular weight is 283 g/mol. The van der Waals surface area contributed by atoms with E-state index in [1.165, 1.54) is 15.7 Å². The molecule has 1 aliphatic rings. The number of nitrogens with zero attached hydrogens (tertiary/aromatic N) is 1. The molecule has 0 unspecified atom stereocenters. The summed E-state index contributed by atoms with van der Waals surface area (Å²) in [6.07, 6.45) is 0. The lowest BCUT2D eigenvalue weighted by Gasteiger charge is -2.40. The first-order valence-corrected chi connectivity index (χ1v) is 6.53. The molecule has 1 heterocycles. The number of hydrogen-bond acceptors (Lipinski definition) is 2. The van der Waals surface area contributed by atoms with Crippen molar-refractivity contribution < 1.29 is 0 Å². The van der Waals surface area contributed by atoms with E-state index in [0.717, 1.165) is 19.6 Å². The van der Waals surface area contributed by atoms with Crippen LogP contribution in [-0.2, 0) is 0 Å². The second kappa shape index (κ2) is 4.38. The van der Waals surface area contributed by atoms with Gasteiger partial charge in [0.05, 0.1) is 0 Å². The summed E-state index contributed by atoms with van der Waals surface area (Å²) in [4.78, 5) is 2.45. The number of piperazine rings is 1. The van der Waals surface area contributed by atoms with Gasteiger partial charge in [0.25, 0.3) is 0 Å². The summed E-state index contributed by atoms with van der Waals surface area (Å²) in [7, 11) is 0. The number of nitrogens with one attached hydrogen (secondary N) is 1. The van der Waals surface area contributed by atoms with E-state index in [9.17, 15) is 0 Å². The van der Waals surface area contributed by atoms with Crippen LogP contribution in [0.15, 0.2) is 22.7 Å². The Hall–Kier alpha value is -0.540. The fourth-order valence-corrected chi connectivity index (χ4v) is 2.86. The number of rotatable bonds is 1. The SMILES string of the molecule is Cc1cc(Br)cc(N2CCNC(C)(C)C2)c1. The summed E-state index contributed by atoms with van der Waals surface area (Å²) in [6.45, 7) is 9.84. The molecule has 0 aliphatic carbocycles. The van der Waals surface area contributed by atoms with Crippen LogP contribution >= 0.6 is 15.9 Å². The van der Waals surface area contributed by atoms with Gasteiger partial charge in [-0.1, -0.05) is 15.9 Å². The molecule has 0 spiro atoms. The molecule has 16 heavy (non-hydrogen) atoms. The highest BCUT2D eigenvalue weighted by molar-refractivity contribution is 9.10. The minimum Gasteiger partial charge on any atom is -0.368 e. The van der Waals surface area contributed by atoms with Gasteiger partial charge >= 0.3 is 0 Å². The molecule has 0 amide bonds. The van der Waals surface area contributed by atoms with E-state index in [1.807, 2.05) is 0 Å². The molecule has 0 atom stereocenters. The number of benzene rings is 1. The lowest BCUT2D eigenvalue weighted by Crippen LogP contribution is -2.57. The fourth-order valence-electron chi connectivity index (χ4n) is 2.26. The van der Waals surface area contributed by atoms with Gasteiger partial charge in [-0.05, 0) is 44.5 Å². The summed E-state index contributed by atoms with van der Waals surface area (Å²) in [5, 5.41) is 3.53. The zero-order valence-corrected chi connectivity index (χ0v) is 11.8. The standard InChI is InChI=1S/C13H19BrN2/c1-10-6-11(14)8-12(7-10)16-5-4-15-13(2,3)9-16/h6-8,15H,4-5,9H2,1-3H3. The largest absolute Gasteiger partial charge is 0.368 e. The predicted octanol–water partition coefficient (Wildman–Crippen LogP) is 2.95. The quantitative estimate of drug-likeness (QED) is 0.852. The number of anilines is 1. The third-order valence-electron chi connectivity index (χ3n) is 2.96. The zero-order valence-electron chi connectivity index (χ0n) is 10.2. The van der Waals surface area contributed by atoms with Crippen molar-refractivity contribution in [3.8, 4) is 0 Å². The van der Waals surface area contributed by atoms with E-state index in [1.54, 1.807) is 0 Å². The third-order valence-corrected chi connectivity index (χ3v) is 3.42. The fraction of sp³-hybridized carbons (Fsp3) is 0.538. The first kappa shape index (κ1) is 11.9. The monoisotopic (exact) mass is 282 g/mol. The van der Waals surface area contributed by atoms with E-state index >= 15 is 0 Å². The van der Waals surface area contributed by atoms with Crippen LogP contribution in [-0.4, -0.2) is 25.2 Å². The molecule has 3 heteroatoms. The number of aryl methyl sites for hydroxylation is 1. The Morgan fingerprint density at radius 2 is 2.06 bits per heavy atom. The molecule has 1 aromatic carbocycles. The van der Waals surface area contributed by atoms with E-state index in [0.29, 0.717) is 0 Å². The topological polar surface area (TPSA) is 15.3 Å². The highest BCUT2D eigenvalue weighted by Gasteiger charge is 2.25. The van der Waals surface area contributed by atoms with Crippen LogP contribution < -0.4 is 10.2 Å². The predicted molar refractivity (Wildman–Crippen MR) is 73.2 cm³/mol. The van der Waals surface area contributed by atoms with Crippen molar-refractivity contribution in [2.75, 3.05) is 24.5 Å². The summed E-state index contributed by atoms with van der Waals surface area (Å²) in [5.74, 6) is 0. The van der Waals surface area contributed by atoms with Gasteiger partial charge in [0.15, 0.2) is 0 Å². The Morgan fingerprint density at radius 1 is 1.31 bits per heavy atom. The highest BCUT2D eigenvalue weighted by Crippen LogP contribution is 2.25. The average Bonchev–Trinajstić information content (AvgIpc) is 2.14. The zero-order chi connectivity index (χ0) is 11.8. The minimum absolute atomic E-state index is 0.203. The second-order valence-corrected chi connectivity index (χ2v) is 6.13. The van der Waals surface area contributed by atoms with Gasteiger partial charge in [0, 0.05) is 35.3 Å². The number of hydrogen-bond donors (Lipinski definition) is 1. The Morgan fingerprint density at radius 3 is 2.69 bits per heavy atom. The summed E-state index contributed by atoms with van der Waals surface area (Å²) in [5.41, 5.74) is 2.83. The molecule has 0 saturated carbocycles. The summed E-state index contributed by atoms with van der Waals surface area (Å²) in [6, 6.07) is 6.61. The first-order valence-electron chi connectivity index (χ1n) is 5.73. The molecule has 1 N–H and O–H groups in total. The molecule has 1 fully saturated rings. The maximum Gasteiger partial charge on any atom is 0.0381 e. The summed E-state index contributed by atoms with van der Waals surface area (Å²) < 4.78 is 1.17. The molecule has 1 aromatic rings. The van der Waals surface area contributed by atoms with Gasteiger partial charge < -0.3 is 10.2 Å². The van der Waals surface area contributed by atoms with Crippen molar-refractivity contribution >= 4 is 21.6 Å². The maximum atomic E-state index is 3.57. The maximum absolute atomic E-state index is 3.57. The van der Waals surface area contributed by atoms with Crippen LogP contribution in [0.3, 0.4) is 0 Å². The molecule has 1 saturated heterocycles. The van der Waals surface area contributed by atoms with E-state index < -0.39 is 0 Å². The summed E-state index contributed by atoms with van der Waals surface area (Å²) >= 11 is 3.57. The van der Waals surface area contributed by atoms with E-state index in [2.05, 4.69) is 65.1 Å². The normalized spacial score (nSPS) is 19.9. The van der Waals surface area contributed by atoms with Crippen LogP contribution in [0.25, 0.3) is 0 Å². The van der Waals surface area contributed by atoms with Gasteiger partial charge in [0.1, 0.15) is 0 Å². The smallest absolute Gasteiger partial charge is 0.0381 e. The van der Waals surface area contributed by atoms with Crippen LogP contribution in [0.1, 0.15) is 19.4 Å². The molecular weight excluding hydrogens is 264 g/mol. The van der Waals surface area contributed by atoms with E-state index in [4.69, 9.17) is 0 Å². The van der Waals surface area contributed by atoms with Gasteiger partial charge in [-0.3, -0.25) is 0 Å². The highest BCUT2D eigenvalue weighted by atomic mass is 79.9. The Labute approximate surface area is 106 Å². The molecule has 0 radical (unpaired) electrons. The van der Waals surface area contributed by atoms with Crippen molar-refractivity contribution in [2.24, 2.45) is 0 Å². The molecule has 2 rings (SSSR count). The molecule has 2 nitrogen and oxygen atoms in total. The minimum atomic E-state index is 0.203. The van der Waals surface area contributed by atoms with Crippen LogP contribution in [0, 0.1) is 6.92 Å². The van der Waals surface area contributed by atoms with Gasteiger partial charge in [-0.25, -0.2) is 0 Å². The molecule has 0 aromatic heterocycles. The first-order chi connectivity index (χ1) is 7.46. The lowest BCUT2D eigenvalue weighted by atomic mass is 10.0. The molecule has 88 valence electrons. The molecule has 0 bridgehead atoms.